The fourth-order valence-corrected chi connectivity index (χ4v) is 2.25. The molecule has 2 rings (SSSR count). The van der Waals surface area contributed by atoms with Gasteiger partial charge in [-0.15, -0.1) is 0 Å². The van der Waals surface area contributed by atoms with Crippen molar-refractivity contribution in [2.75, 3.05) is 0 Å². The van der Waals surface area contributed by atoms with Crippen molar-refractivity contribution in [1.29, 1.82) is 0 Å². The summed E-state index contributed by atoms with van der Waals surface area (Å²) < 4.78 is 0. The normalized spacial score (nSPS) is 18.4. The molecule has 0 aromatic heterocycles. The Morgan fingerprint density at radius 2 is 1.62 bits per heavy atom. The number of hydrogen-bond acceptors (Lipinski definition) is 3. The van der Waals surface area contributed by atoms with Gasteiger partial charge in [0.2, 0.25) is 0 Å². The van der Waals surface area contributed by atoms with Gasteiger partial charge in [-0.3, -0.25) is 4.79 Å². The lowest BCUT2D eigenvalue weighted by Gasteiger charge is -2.16. The Bertz CT molecular complexity index is 433. The zero-order chi connectivity index (χ0) is 11.9. The minimum atomic E-state index is -0.664. The van der Waals surface area contributed by atoms with Crippen molar-refractivity contribution < 1.29 is 15.0 Å². The third-order valence-electron chi connectivity index (χ3n) is 3.13. The predicted octanol–water partition coefficient (Wildman–Crippen LogP) is 1.92. The van der Waals surface area contributed by atoms with E-state index in [9.17, 15) is 15.0 Å². The number of aliphatic hydroxyl groups excluding tert-OH is 2. The lowest BCUT2D eigenvalue weighted by atomic mass is 9.94. The van der Waals surface area contributed by atoms with E-state index in [4.69, 9.17) is 0 Å². The lowest BCUT2D eigenvalue weighted by Crippen LogP contribution is -2.05. The van der Waals surface area contributed by atoms with Crippen molar-refractivity contribution in [2.24, 2.45) is 0 Å². The van der Waals surface area contributed by atoms with Crippen LogP contribution in [-0.2, 0) is 6.42 Å². The van der Waals surface area contributed by atoms with E-state index >= 15 is 0 Å². The fourth-order valence-electron chi connectivity index (χ4n) is 2.25. The van der Waals surface area contributed by atoms with Crippen molar-refractivity contribution in [3.05, 3.63) is 34.4 Å². The second-order valence-corrected chi connectivity index (χ2v) is 4.41. The molecule has 3 heteroatoms. The van der Waals surface area contributed by atoms with Crippen LogP contribution < -0.4 is 0 Å². The molecule has 1 aromatic rings. The monoisotopic (exact) mass is 220 g/mol. The summed E-state index contributed by atoms with van der Waals surface area (Å²) in [7, 11) is 0. The Balaban J connectivity index is 2.59. The highest BCUT2D eigenvalue weighted by Crippen LogP contribution is 2.31. The largest absolute Gasteiger partial charge is 0.389 e. The molecule has 1 aromatic carbocycles. The van der Waals surface area contributed by atoms with E-state index in [2.05, 4.69) is 0 Å². The van der Waals surface area contributed by atoms with E-state index in [1.54, 1.807) is 19.9 Å². The number of ketones is 1. The second kappa shape index (κ2) is 4.00. The molecule has 0 heterocycles. The number of aryl methyl sites for hydroxylation is 1. The van der Waals surface area contributed by atoms with Gasteiger partial charge >= 0.3 is 0 Å². The number of fused-ring (bicyclic) bond motifs is 1. The van der Waals surface area contributed by atoms with E-state index < -0.39 is 12.2 Å². The molecule has 0 spiro atoms. The van der Waals surface area contributed by atoms with Gasteiger partial charge in [-0.1, -0.05) is 6.07 Å². The molecular formula is C13H16O3. The molecule has 0 amide bonds. The molecule has 2 atom stereocenters. The number of carbonyl (C=O) groups excluding carboxylic acids is 1. The SMILES string of the molecule is CC(O)c1cc2c(cc1C(C)O)C(=O)CC2. The Hall–Kier alpha value is -1.19. The van der Waals surface area contributed by atoms with E-state index in [1.807, 2.05) is 6.07 Å². The Labute approximate surface area is 94.7 Å². The summed E-state index contributed by atoms with van der Waals surface area (Å²) >= 11 is 0. The van der Waals surface area contributed by atoms with Crippen LogP contribution in [-0.4, -0.2) is 16.0 Å². The summed E-state index contributed by atoms with van der Waals surface area (Å²) in [6.07, 6.45) is 0.000129. The van der Waals surface area contributed by atoms with Crippen LogP contribution >= 0.6 is 0 Å². The van der Waals surface area contributed by atoms with Gasteiger partial charge in [-0.2, -0.15) is 0 Å². The minimum Gasteiger partial charge on any atom is -0.389 e. The highest BCUT2D eigenvalue weighted by Gasteiger charge is 2.23. The third-order valence-corrected chi connectivity index (χ3v) is 3.13. The first-order valence-electron chi connectivity index (χ1n) is 5.56. The van der Waals surface area contributed by atoms with Crippen LogP contribution in [0.2, 0.25) is 0 Å². The van der Waals surface area contributed by atoms with E-state index in [0.29, 0.717) is 17.5 Å². The van der Waals surface area contributed by atoms with Gasteiger partial charge < -0.3 is 10.2 Å². The first-order chi connectivity index (χ1) is 7.50. The zero-order valence-corrected chi connectivity index (χ0v) is 9.53. The van der Waals surface area contributed by atoms with Gasteiger partial charge in [0.1, 0.15) is 0 Å². The van der Waals surface area contributed by atoms with Gasteiger partial charge in [-0.05, 0) is 43.0 Å². The average molecular weight is 220 g/mol. The van der Waals surface area contributed by atoms with Crippen LogP contribution in [0.25, 0.3) is 0 Å². The van der Waals surface area contributed by atoms with Crippen LogP contribution in [0.3, 0.4) is 0 Å². The number of carbonyl (C=O) groups is 1. The van der Waals surface area contributed by atoms with Gasteiger partial charge in [0.25, 0.3) is 0 Å². The van der Waals surface area contributed by atoms with Crippen molar-refractivity contribution >= 4 is 5.78 Å². The smallest absolute Gasteiger partial charge is 0.163 e. The molecule has 0 bridgehead atoms. The van der Waals surface area contributed by atoms with Gasteiger partial charge in [-0.25, -0.2) is 0 Å². The van der Waals surface area contributed by atoms with E-state index in [1.165, 1.54) is 0 Å². The number of hydrogen-bond donors (Lipinski definition) is 2. The molecule has 86 valence electrons. The van der Waals surface area contributed by atoms with Crippen LogP contribution in [0.15, 0.2) is 12.1 Å². The van der Waals surface area contributed by atoms with Crippen molar-refractivity contribution in [2.45, 2.75) is 38.9 Å². The third kappa shape index (κ3) is 1.77. The maximum Gasteiger partial charge on any atom is 0.163 e. The van der Waals surface area contributed by atoms with Gasteiger partial charge in [0, 0.05) is 12.0 Å². The molecule has 0 aliphatic heterocycles. The first kappa shape index (κ1) is 11.3. The Kier molecular flexibility index (Phi) is 2.82. The quantitative estimate of drug-likeness (QED) is 0.800. The standard InChI is InChI=1S/C13H16O3/c1-7(14)10-5-9-3-4-13(16)12(9)6-11(10)8(2)15/h5-8,14-15H,3-4H2,1-2H3. The molecule has 0 saturated carbocycles. The molecule has 2 N–H and O–H groups in total. The molecular weight excluding hydrogens is 204 g/mol. The van der Waals surface area contributed by atoms with Crippen molar-refractivity contribution in [3.63, 3.8) is 0 Å². The second-order valence-electron chi connectivity index (χ2n) is 4.41. The van der Waals surface area contributed by atoms with E-state index in [0.717, 1.165) is 17.5 Å². The fraction of sp³-hybridized carbons (Fsp3) is 0.462. The molecule has 16 heavy (non-hydrogen) atoms. The van der Waals surface area contributed by atoms with Crippen LogP contribution in [0.1, 0.15) is 59.5 Å². The summed E-state index contributed by atoms with van der Waals surface area (Å²) in [4.78, 5) is 11.6. The molecule has 3 nitrogen and oxygen atoms in total. The molecule has 0 saturated heterocycles. The van der Waals surface area contributed by atoms with Crippen molar-refractivity contribution in [1.82, 2.24) is 0 Å². The maximum absolute atomic E-state index is 11.6. The summed E-state index contributed by atoms with van der Waals surface area (Å²) in [5, 5.41) is 19.3. The van der Waals surface area contributed by atoms with Crippen LogP contribution in [0.5, 0.6) is 0 Å². The first-order valence-corrected chi connectivity index (χ1v) is 5.56. The summed E-state index contributed by atoms with van der Waals surface area (Å²) in [5.74, 6) is 0.133. The summed E-state index contributed by atoms with van der Waals surface area (Å²) in [6.45, 7) is 3.32. The molecule has 0 radical (unpaired) electrons. The van der Waals surface area contributed by atoms with Crippen LogP contribution in [0, 0.1) is 0 Å². The highest BCUT2D eigenvalue weighted by atomic mass is 16.3. The Morgan fingerprint density at radius 1 is 1.06 bits per heavy atom. The lowest BCUT2D eigenvalue weighted by molar-refractivity contribution is 0.0994. The molecule has 2 unspecified atom stereocenters. The highest BCUT2D eigenvalue weighted by molar-refractivity contribution is 6.00. The molecule has 1 aliphatic carbocycles. The number of aliphatic hydroxyl groups is 2. The number of benzene rings is 1. The van der Waals surface area contributed by atoms with Gasteiger partial charge in [0.15, 0.2) is 5.78 Å². The zero-order valence-electron chi connectivity index (χ0n) is 9.53. The van der Waals surface area contributed by atoms with Crippen LogP contribution in [0.4, 0.5) is 0 Å². The Morgan fingerprint density at radius 3 is 2.19 bits per heavy atom. The van der Waals surface area contributed by atoms with Gasteiger partial charge in [0.05, 0.1) is 12.2 Å². The van der Waals surface area contributed by atoms with Crippen molar-refractivity contribution in [3.8, 4) is 0 Å². The molecule has 0 fully saturated rings. The topological polar surface area (TPSA) is 57.5 Å². The number of rotatable bonds is 2. The summed E-state index contributed by atoms with van der Waals surface area (Å²) in [5.41, 5.74) is 3.08. The minimum absolute atomic E-state index is 0.133. The average Bonchev–Trinajstić information content (AvgIpc) is 2.58. The predicted molar refractivity (Wildman–Crippen MR) is 60.4 cm³/mol. The van der Waals surface area contributed by atoms with E-state index in [-0.39, 0.29) is 5.78 Å². The number of Topliss-reactive ketones (excluding diaryl/α,β-unsaturated/α-hetero) is 1. The maximum atomic E-state index is 11.6. The molecule has 1 aliphatic rings. The summed E-state index contributed by atoms with van der Waals surface area (Å²) in [6, 6.07) is 3.59.